The van der Waals surface area contributed by atoms with Crippen molar-refractivity contribution >= 4 is 11.6 Å². The largest absolute Gasteiger partial charge is 0.367 e. The zero-order valence-corrected chi connectivity index (χ0v) is 13.6. The van der Waals surface area contributed by atoms with Gasteiger partial charge in [-0.05, 0) is 46.2 Å². The fourth-order valence-corrected chi connectivity index (χ4v) is 3.27. The van der Waals surface area contributed by atoms with E-state index in [0.29, 0.717) is 0 Å². The molecule has 5 nitrogen and oxygen atoms in total. The zero-order valence-electron chi connectivity index (χ0n) is 13.6. The number of hydrogen-bond donors (Lipinski definition) is 1. The lowest BCUT2D eigenvalue weighted by Crippen LogP contribution is -2.46. The van der Waals surface area contributed by atoms with Crippen molar-refractivity contribution < 1.29 is 9.53 Å². The molecule has 0 aliphatic carbocycles. The van der Waals surface area contributed by atoms with Crippen molar-refractivity contribution in [1.29, 1.82) is 0 Å². The Labute approximate surface area is 130 Å². The molecule has 1 amide bonds. The number of hydrogen-bond acceptors (Lipinski definition) is 3. The van der Waals surface area contributed by atoms with Crippen molar-refractivity contribution in [3.05, 3.63) is 36.3 Å². The van der Waals surface area contributed by atoms with E-state index in [1.54, 1.807) is 0 Å². The van der Waals surface area contributed by atoms with Gasteiger partial charge in [-0.3, -0.25) is 4.79 Å². The summed E-state index contributed by atoms with van der Waals surface area (Å²) in [4.78, 5) is 16.8. The Kier molecular flexibility index (Phi) is 3.48. The van der Waals surface area contributed by atoms with Crippen LogP contribution in [0, 0.1) is 0 Å². The third kappa shape index (κ3) is 2.99. The smallest absolute Gasteiger partial charge is 0.226 e. The molecule has 1 saturated heterocycles. The minimum absolute atomic E-state index is 0.0113. The average Bonchev–Trinajstić information content (AvgIpc) is 2.86. The van der Waals surface area contributed by atoms with Gasteiger partial charge in [-0.2, -0.15) is 0 Å². The van der Waals surface area contributed by atoms with E-state index in [1.165, 1.54) is 0 Å². The summed E-state index contributed by atoms with van der Waals surface area (Å²) in [6.45, 7) is 8.17. The van der Waals surface area contributed by atoms with E-state index in [1.807, 2.05) is 48.8 Å². The first-order chi connectivity index (χ1) is 10.3. The van der Waals surface area contributed by atoms with Crippen LogP contribution < -0.4 is 5.32 Å². The molecular formula is C17H23N3O2. The standard InChI is InChI=1S/C17H23N3O2/c1-16(2)10-13(17(3,4)22-16)19-15(21)9-12-11-20-8-6-5-7-14(20)18-12/h5-8,11,13H,9-10H2,1-4H3,(H,19,21). The SMILES string of the molecule is CC1(C)CC(NC(=O)Cc2cn3ccccc3n2)C(C)(C)O1. The fraction of sp³-hybridized carbons (Fsp3) is 0.529. The Balaban J connectivity index is 1.67. The van der Waals surface area contributed by atoms with Crippen molar-refractivity contribution in [3.8, 4) is 0 Å². The third-order valence-corrected chi connectivity index (χ3v) is 4.17. The van der Waals surface area contributed by atoms with Gasteiger partial charge in [0, 0.05) is 12.4 Å². The van der Waals surface area contributed by atoms with Crippen molar-refractivity contribution in [1.82, 2.24) is 14.7 Å². The summed E-state index contributed by atoms with van der Waals surface area (Å²) in [5.74, 6) is -0.0113. The fourth-order valence-electron chi connectivity index (χ4n) is 3.27. The Morgan fingerprint density at radius 2 is 2.18 bits per heavy atom. The number of rotatable bonds is 3. The maximum Gasteiger partial charge on any atom is 0.226 e. The number of nitrogens with zero attached hydrogens (tertiary/aromatic N) is 2. The highest BCUT2D eigenvalue weighted by molar-refractivity contribution is 5.78. The van der Waals surface area contributed by atoms with Crippen LogP contribution in [0.3, 0.4) is 0 Å². The number of imidazole rings is 1. The quantitative estimate of drug-likeness (QED) is 0.946. The van der Waals surface area contributed by atoms with E-state index in [2.05, 4.69) is 24.1 Å². The second-order valence-electron chi connectivity index (χ2n) is 7.16. The highest BCUT2D eigenvalue weighted by Crippen LogP contribution is 2.37. The average molecular weight is 301 g/mol. The molecule has 1 N–H and O–H groups in total. The van der Waals surface area contributed by atoms with Crippen LogP contribution in [-0.2, 0) is 16.0 Å². The molecule has 5 heteroatoms. The molecule has 3 rings (SSSR count). The highest BCUT2D eigenvalue weighted by Gasteiger charge is 2.46. The van der Waals surface area contributed by atoms with E-state index < -0.39 is 0 Å². The van der Waals surface area contributed by atoms with Gasteiger partial charge >= 0.3 is 0 Å². The minimum Gasteiger partial charge on any atom is -0.367 e. The van der Waals surface area contributed by atoms with E-state index in [9.17, 15) is 4.79 Å². The number of carbonyl (C=O) groups excluding carboxylic acids is 1. The van der Waals surface area contributed by atoms with Crippen LogP contribution in [-0.4, -0.2) is 32.5 Å². The Morgan fingerprint density at radius 3 is 2.82 bits per heavy atom. The van der Waals surface area contributed by atoms with Crippen molar-refractivity contribution in [2.45, 2.75) is 57.8 Å². The van der Waals surface area contributed by atoms with Crippen molar-refractivity contribution in [2.24, 2.45) is 0 Å². The van der Waals surface area contributed by atoms with Gasteiger partial charge in [0.05, 0.1) is 29.4 Å². The van der Waals surface area contributed by atoms with Crippen molar-refractivity contribution in [3.63, 3.8) is 0 Å². The van der Waals surface area contributed by atoms with Crippen LogP contribution in [0.4, 0.5) is 0 Å². The maximum atomic E-state index is 12.3. The van der Waals surface area contributed by atoms with Crippen molar-refractivity contribution in [2.75, 3.05) is 0 Å². The zero-order chi connectivity index (χ0) is 16.0. The van der Waals surface area contributed by atoms with Gasteiger partial charge in [0.25, 0.3) is 0 Å². The van der Waals surface area contributed by atoms with E-state index >= 15 is 0 Å². The molecule has 0 spiro atoms. The van der Waals surface area contributed by atoms with Gasteiger partial charge in [-0.15, -0.1) is 0 Å². The molecule has 2 aromatic rings. The predicted octanol–water partition coefficient (Wildman–Crippen LogP) is 2.34. The predicted molar refractivity (Wildman–Crippen MR) is 84.7 cm³/mol. The van der Waals surface area contributed by atoms with Gasteiger partial charge in [0.15, 0.2) is 0 Å². The molecule has 2 aromatic heterocycles. The molecule has 3 heterocycles. The molecule has 1 aliphatic rings. The van der Waals surface area contributed by atoms with Crippen LogP contribution in [0.2, 0.25) is 0 Å². The number of aromatic nitrogens is 2. The molecule has 0 saturated carbocycles. The maximum absolute atomic E-state index is 12.3. The van der Waals surface area contributed by atoms with Crippen LogP contribution in [0.25, 0.3) is 5.65 Å². The summed E-state index contributed by atoms with van der Waals surface area (Å²) in [6, 6.07) is 5.83. The summed E-state index contributed by atoms with van der Waals surface area (Å²) in [5, 5.41) is 3.10. The molecule has 118 valence electrons. The minimum atomic E-state index is -0.349. The van der Waals surface area contributed by atoms with Gasteiger partial charge in [0.1, 0.15) is 5.65 Å². The van der Waals surface area contributed by atoms with Gasteiger partial charge in [-0.25, -0.2) is 4.98 Å². The van der Waals surface area contributed by atoms with Gasteiger partial charge in [-0.1, -0.05) is 6.07 Å². The summed E-state index contributed by atoms with van der Waals surface area (Å²) in [5.41, 5.74) is 1.08. The Bertz CT molecular complexity index is 670. The Morgan fingerprint density at radius 1 is 1.41 bits per heavy atom. The number of carbonyl (C=O) groups is 1. The topological polar surface area (TPSA) is 55.6 Å². The summed E-state index contributed by atoms with van der Waals surface area (Å²) in [7, 11) is 0. The molecule has 22 heavy (non-hydrogen) atoms. The van der Waals surface area contributed by atoms with Crippen LogP contribution in [0.1, 0.15) is 39.8 Å². The first-order valence-corrected chi connectivity index (χ1v) is 7.67. The molecule has 1 atom stereocenters. The number of nitrogens with one attached hydrogen (secondary N) is 1. The second kappa shape index (κ2) is 5.09. The first-order valence-electron chi connectivity index (χ1n) is 7.67. The number of pyridine rings is 1. The normalized spacial score (nSPS) is 22.8. The van der Waals surface area contributed by atoms with Gasteiger partial charge < -0.3 is 14.5 Å². The number of fused-ring (bicyclic) bond motifs is 1. The lowest BCUT2D eigenvalue weighted by Gasteiger charge is -2.27. The summed E-state index contributed by atoms with van der Waals surface area (Å²) < 4.78 is 7.94. The van der Waals surface area contributed by atoms with E-state index in [0.717, 1.165) is 17.8 Å². The molecule has 1 fully saturated rings. The van der Waals surface area contributed by atoms with Crippen LogP contribution >= 0.6 is 0 Å². The molecule has 1 unspecified atom stereocenters. The van der Waals surface area contributed by atoms with E-state index in [-0.39, 0.29) is 29.6 Å². The summed E-state index contributed by atoms with van der Waals surface area (Å²) in [6.07, 6.45) is 4.93. The third-order valence-electron chi connectivity index (χ3n) is 4.17. The van der Waals surface area contributed by atoms with Crippen LogP contribution in [0.15, 0.2) is 30.6 Å². The molecule has 0 aromatic carbocycles. The second-order valence-corrected chi connectivity index (χ2v) is 7.16. The lowest BCUT2D eigenvalue weighted by molar-refractivity contribution is -0.123. The highest BCUT2D eigenvalue weighted by atomic mass is 16.5. The first kappa shape index (κ1) is 15.0. The number of amides is 1. The summed E-state index contributed by atoms with van der Waals surface area (Å²) >= 11 is 0. The molecular weight excluding hydrogens is 278 g/mol. The molecule has 1 aliphatic heterocycles. The Hall–Kier alpha value is -1.88. The molecule has 0 bridgehead atoms. The lowest BCUT2D eigenvalue weighted by atomic mass is 9.94. The van der Waals surface area contributed by atoms with E-state index in [4.69, 9.17) is 4.74 Å². The monoisotopic (exact) mass is 301 g/mol. The number of ether oxygens (including phenoxy) is 1. The van der Waals surface area contributed by atoms with Gasteiger partial charge in [0.2, 0.25) is 5.91 Å². The molecule has 0 radical (unpaired) electrons. The van der Waals surface area contributed by atoms with Crippen LogP contribution in [0.5, 0.6) is 0 Å².